The molecule has 0 saturated carbocycles. The standard InChI is InChI=1S/C18H17IN2O/c19-15-5-1-4-14(10-15)16-8-13(9-17(16)18(20)22)7-12-3-2-6-21-11-12/h1-6,8,10-11,16-17H,7,9H2,(H2,20,22)/t16-,17-/m0/s1. The number of amides is 1. The predicted molar refractivity (Wildman–Crippen MR) is 95.2 cm³/mol. The Hall–Kier alpha value is -1.69. The van der Waals surface area contributed by atoms with Gasteiger partial charge in [0, 0.05) is 21.9 Å². The van der Waals surface area contributed by atoms with Gasteiger partial charge in [0.05, 0.1) is 5.92 Å². The van der Waals surface area contributed by atoms with Crippen molar-refractivity contribution in [2.45, 2.75) is 18.8 Å². The third kappa shape index (κ3) is 3.38. The second kappa shape index (κ2) is 6.60. The number of primary amides is 1. The molecule has 1 heterocycles. The number of benzene rings is 1. The molecular weight excluding hydrogens is 387 g/mol. The van der Waals surface area contributed by atoms with Crippen LogP contribution in [0.25, 0.3) is 0 Å². The maximum absolute atomic E-state index is 11.8. The van der Waals surface area contributed by atoms with Gasteiger partial charge in [-0.2, -0.15) is 0 Å². The van der Waals surface area contributed by atoms with E-state index in [1.54, 1.807) is 6.20 Å². The van der Waals surface area contributed by atoms with Crippen molar-refractivity contribution in [1.82, 2.24) is 4.98 Å². The molecular formula is C18H17IN2O. The predicted octanol–water partition coefficient (Wildman–Crippen LogP) is 3.44. The minimum absolute atomic E-state index is 0.0823. The molecule has 112 valence electrons. The number of rotatable bonds is 4. The summed E-state index contributed by atoms with van der Waals surface area (Å²) in [5.74, 6) is -0.287. The van der Waals surface area contributed by atoms with Gasteiger partial charge in [-0.1, -0.05) is 29.8 Å². The summed E-state index contributed by atoms with van der Waals surface area (Å²) in [5, 5.41) is 0. The first-order valence-corrected chi connectivity index (χ1v) is 8.34. The first kappa shape index (κ1) is 15.2. The second-order valence-corrected chi connectivity index (χ2v) is 6.90. The van der Waals surface area contributed by atoms with E-state index in [1.807, 2.05) is 18.3 Å². The van der Waals surface area contributed by atoms with Gasteiger partial charge < -0.3 is 5.73 Å². The number of hydrogen-bond donors (Lipinski definition) is 1. The fraction of sp³-hybridized carbons (Fsp3) is 0.222. The lowest BCUT2D eigenvalue weighted by Crippen LogP contribution is -2.25. The Balaban J connectivity index is 1.87. The molecule has 1 aromatic carbocycles. The normalized spacial score (nSPS) is 20.7. The molecule has 0 unspecified atom stereocenters. The molecule has 2 N–H and O–H groups in total. The third-order valence-electron chi connectivity index (χ3n) is 4.08. The summed E-state index contributed by atoms with van der Waals surface area (Å²) in [6.07, 6.45) is 7.43. The van der Waals surface area contributed by atoms with Crippen LogP contribution in [0.4, 0.5) is 0 Å². The summed E-state index contributed by atoms with van der Waals surface area (Å²) in [4.78, 5) is 16.0. The monoisotopic (exact) mass is 404 g/mol. The van der Waals surface area contributed by atoms with E-state index in [9.17, 15) is 4.79 Å². The first-order chi connectivity index (χ1) is 10.6. The molecule has 0 fully saturated rings. The zero-order chi connectivity index (χ0) is 15.5. The molecule has 1 aliphatic carbocycles. The zero-order valence-corrected chi connectivity index (χ0v) is 14.2. The molecule has 22 heavy (non-hydrogen) atoms. The SMILES string of the molecule is NC(=O)[C@H]1CC(Cc2cccnc2)=C[C@H]1c1cccc(I)c1. The summed E-state index contributed by atoms with van der Waals surface area (Å²) in [6, 6.07) is 12.3. The first-order valence-electron chi connectivity index (χ1n) is 7.27. The van der Waals surface area contributed by atoms with Gasteiger partial charge in [0.2, 0.25) is 5.91 Å². The number of nitrogens with two attached hydrogens (primary N) is 1. The Kier molecular flexibility index (Phi) is 4.57. The lowest BCUT2D eigenvalue weighted by molar-refractivity contribution is -0.121. The van der Waals surface area contributed by atoms with E-state index in [4.69, 9.17) is 5.73 Å². The molecule has 0 saturated heterocycles. The molecule has 0 spiro atoms. The van der Waals surface area contributed by atoms with Crippen molar-refractivity contribution in [2.75, 3.05) is 0 Å². The fourth-order valence-electron chi connectivity index (χ4n) is 3.06. The van der Waals surface area contributed by atoms with E-state index >= 15 is 0 Å². The van der Waals surface area contributed by atoms with Crippen LogP contribution in [0.2, 0.25) is 0 Å². The molecule has 2 atom stereocenters. The Morgan fingerprint density at radius 3 is 2.86 bits per heavy atom. The number of allylic oxidation sites excluding steroid dienone is 2. The van der Waals surface area contributed by atoms with E-state index in [1.165, 1.54) is 14.7 Å². The number of hydrogen-bond acceptors (Lipinski definition) is 2. The number of carbonyl (C=O) groups excluding carboxylic acids is 1. The van der Waals surface area contributed by atoms with Gasteiger partial charge in [0.15, 0.2) is 0 Å². The van der Waals surface area contributed by atoms with Crippen LogP contribution in [-0.4, -0.2) is 10.9 Å². The summed E-state index contributed by atoms with van der Waals surface area (Å²) >= 11 is 2.30. The minimum Gasteiger partial charge on any atom is -0.369 e. The fourth-order valence-corrected chi connectivity index (χ4v) is 3.63. The highest BCUT2D eigenvalue weighted by atomic mass is 127. The summed E-state index contributed by atoms with van der Waals surface area (Å²) < 4.78 is 1.17. The molecule has 1 aromatic heterocycles. The smallest absolute Gasteiger partial charge is 0.221 e. The largest absolute Gasteiger partial charge is 0.369 e. The highest BCUT2D eigenvalue weighted by Gasteiger charge is 2.32. The Labute approximate surface area is 143 Å². The Morgan fingerprint density at radius 2 is 2.18 bits per heavy atom. The van der Waals surface area contributed by atoms with E-state index < -0.39 is 0 Å². The van der Waals surface area contributed by atoms with Crippen molar-refractivity contribution in [3.05, 3.63) is 75.1 Å². The van der Waals surface area contributed by atoms with Gasteiger partial charge in [0.1, 0.15) is 0 Å². The average molecular weight is 404 g/mol. The van der Waals surface area contributed by atoms with Crippen LogP contribution in [0.15, 0.2) is 60.4 Å². The molecule has 3 rings (SSSR count). The molecule has 2 aromatic rings. The summed E-state index contributed by atoms with van der Waals surface area (Å²) in [5.41, 5.74) is 9.23. The number of pyridine rings is 1. The molecule has 4 heteroatoms. The number of aromatic nitrogens is 1. The van der Waals surface area contributed by atoms with Crippen LogP contribution in [0.3, 0.4) is 0 Å². The number of halogens is 1. The highest BCUT2D eigenvalue weighted by Crippen LogP contribution is 2.39. The van der Waals surface area contributed by atoms with Gasteiger partial charge in [-0.25, -0.2) is 0 Å². The van der Waals surface area contributed by atoms with Crippen molar-refractivity contribution in [3.8, 4) is 0 Å². The maximum Gasteiger partial charge on any atom is 0.221 e. The average Bonchev–Trinajstić information content (AvgIpc) is 2.92. The Bertz CT molecular complexity index is 712. The van der Waals surface area contributed by atoms with Crippen molar-refractivity contribution in [3.63, 3.8) is 0 Å². The lowest BCUT2D eigenvalue weighted by atomic mass is 9.88. The lowest BCUT2D eigenvalue weighted by Gasteiger charge is -2.16. The molecule has 0 bridgehead atoms. The summed E-state index contributed by atoms with van der Waals surface area (Å²) in [6.45, 7) is 0. The van der Waals surface area contributed by atoms with Crippen molar-refractivity contribution >= 4 is 28.5 Å². The molecule has 1 aliphatic rings. The number of nitrogens with zero attached hydrogens (tertiary/aromatic N) is 1. The molecule has 1 amide bonds. The Morgan fingerprint density at radius 1 is 1.32 bits per heavy atom. The van der Waals surface area contributed by atoms with E-state index in [0.29, 0.717) is 0 Å². The van der Waals surface area contributed by atoms with Crippen LogP contribution < -0.4 is 5.73 Å². The maximum atomic E-state index is 11.8. The van der Waals surface area contributed by atoms with Crippen LogP contribution in [0.5, 0.6) is 0 Å². The minimum atomic E-state index is -0.221. The zero-order valence-electron chi connectivity index (χ0n) is 12.1. The quantitative estimate of drug-likeness (QED) is 0.627. The number of carbonyl (C=O) groups is 1. The molecule has 3 nitrogen and oxygen atoms in total. The van der Waals surface area contributed by atoms with Crippen molar-refractivity contribution in [2.24, 2.45) is 11.7 Å². The topological polar surface area (TPSA) is 56.0 Å². The van der Waals surface area contributed by atoms with Crippen LogP contribution in [0, 0.1) is 9.49 Å². The third-order valence-corrected chi connectivity index (χ3v) is 4.75. The summed E-state index contributed by atoms with van der Waals surface area (Å²) in [7, 11) is 0. The molecule has 0 radical (unpaired) electrons. The van der Waals surface area contributed by atoms with E-state index in [-0.39, 0.29) is 17.7 Å². The van der Waals surface area contributed by atoms with Crippen molar-refractivity contribution in [1.29, 1.82) is 0 Å². The molecule has 0 aliphatic heterocycles. The van der Waals surface area contributed by atoms with Gasteiger partial charge >= 0.3 is 0 Å². The van der Waals surface area contributed by atoms with Crippen LogP contribution in [0.1, 0.15) is 23.5 Å². The van der Waals surface area contributed by atoms with Gasteiger partial charge in [0.25, 0.3) is 0 Å². The second-order valence-electron chi connectivity index (χ2n) is 5.66. The van der Waals surface area contributed by atoms with E-state index in [2.05, 4.69) is 57.9 Å². The van der Waals surface area contributed by atoms with E-state index in [0.717, 1.165) is 18.4 Å². The van der Waals surface area contributed by atoms with Gasteiger partial charge in [-0.3, -0.25) is 9.78 Å². The van der Waals surface area contributed by atoms with Crippen LogP contribution >= 0.6 is 22.6 Å². The van der Waals surface area contributed by atoms with Gasteiger partial charge in [-0.15, -0.1) is 0 Å². The highest BCUT2D eigenvalue weighted by molar-refractivity contribution is 14.1. The van der Waals surface area contributed by atoms with Gasteiger partial charge in [-0.05, 0) is 64.8 Å². The van der Waals surface area contributed by atoms with Crippen molar-refractivity contribution < 1.29 is 4.79 Å². The van der Waals surface area contributed by atoms with Crippen LogP contribution in [-0.2, 0) is 11.2 Å².